The molecule has 2 fully saturated rings. The number of rotatable bonds is 7. The van der Waals surface area contributed by atoms with Gasteiger partial charge in [-0.1, -0.05) is 56.0 Å². The molecule has 5 rings (SSSR count). The minimum atomic E-state index is 0.507. The third kappa shape index (κ3) is 9.65. The smallest absolute Gasteiger partial charge is 0.161 e. The predicted octanol–water partition coefficient (Wildman–Crippen LogP) is 8.45. The number of H-pyrrole nitrogens is 1. The minimum Gasteiger partial charge on any atom is -0.389 e. The Labute approximate surface area is 242 Å². The van der Waals surface area contributed by atoms with E-state index in [9.17, 15) is 0 Å². The molecule has 1 atom stereocenters. The number of allylic oxidation sites excluding steroid dienone is 2. The standard InChI is InChI=1S/C22H25N5.C8H15N.C4H10/c1-15(2)10-17-4-5-18(11-16(17)3)22-23-8-6-21(26-22)27-9-7-19(14-27)20-12-24-25-13-20;1-7(2)9-6-8-4-3-5-8;1-3-4-2/h4-6,8,10-13,19H,7,9,14H2,1-3H3,(H,24,25);6-7,9H,3-5H2,1-2H3;3-4H2,1-2H3. The van der Waals surface area contributed by atoms with Crippen LogP contribution in [0.1, 0.15) is 103 Å². The Hall–Kier alpha value is -3.41. The third-order valence-corrected chi connectivity index (χ3v) is 7.23. The number of nitrogens with zero attached hydrogens (tertiary/aromatic N) is 4. The molecular weight excluding hydrogens is 492 g/mol. The molecule has 2 aliphatic rings. The van der Waals surface area contributed by atoms with Crippen LogP contribution in [-0.2, 0) is 0 Å². The molecule has 1 unspecified atom stereocenters. The molecule has 1 aliphatic heterocycles. The Morgan fingerprint density at radius 3 is 2.50 bits per heavy atom. The first kappa shape index (κ1) is 31.1. The quantitative estimate of drug-likeness (QED) is 0.313. The van der Waals surface area contributed by atoms with Gasteiger partial charge in [-0.3, -0.25) is 5.10 Å². The Bertz CT molecular complexity index is 1210. The second-order valence-electron chi connectivity index (χ2n) is 11.5. The molecule has 3 heterocycles. The summed E-state index contributed by atoms with van der Waals surface area (Å²) in [6.07, 6.45) is 18.0. The maximum absolute atomic E-state index is 4.85. The lowest BCUT2D eigenvalue weighted by Crippen LogP contribution is -2.20. The van der Waals surface area contributed by atoms with Crippen molar-refractivity contribution in [3.05, 3.63) is 76.9 Å². The van der Waals surface area contributed by atoms with Crippen molar-refractivity contribution < 1.29 is 0 Å². The molecule has 0 radical (unpaired) electrons. The fraction of sp³-hybridized carbons (Fsp3) is 0.500. The van der Waals surface area contributed by atoms with Crippen molar-refractivity contribution in [3.63, 3.8) is 0 Å². The van der Waals surface area contributed by atoms with Crippen LogP contribution in [0.2, 0.25) is 0 Å². The zero-order valence-electron chi connectivity index (χ0n) is 25.8. The first-order valence-corrected chi connectivity index (χ1v) is 15.1. The number of aromatic nitrogens is 4. The van der Waals surface area contributed by atoms with Gasteiger partial charge >= 0.3 is 0 Å². The van der Waals surface area contributed by atoms with Crippen molar-refractivity contribution in [1.82, 2.24) is 25.5 Å². The number of anilines is 1. The van der Waals surface area contributed by atoms with Gasteiger partial charge in [0.15, 0.2) is 5.82 Å². The van der Waals surface area contributed by atoms with Crippen molar-refractivity contribution >= 4 is 11.9 Å². The number of aryl methyl sites for hydroxylation is 1. The molecular formula is C34H50N6. The van der Waals surface area contributed by atoms with E-state index in [0.717, 1.165) is 36.7 Å². The van der Waals surface area contributed by atoms with Gasteiger partial charge in [0.05, 0.1) is 6.20 Å². The molecule has 6 heteroatoms. The Morgan fingerprint density at radius 2 is 1.93 bits per heavy atom. The van der Waals surface area contributed by atoms with Crippen LogP contribution in [0, 0.1) is 6.92 Å². The highest BCUT2D eigenvalue weighted by Gasteiger charge is 2.25. The first-order chi connectivity index (χ1) is 19.3. The third-order valence-electron chi connectivity index (χ3n) is 7.23. The number of unbranched alkanes of at least 4 members (excludes halogenated alkanes) is 1. The van der Waals surface area contributed by atoms with Gasteiger partial charge in [0.2, 0.25) is 0 Å². The van der Waals surface area contributed by atoms with Crippen molar-refractivity contribution in [2.75, 3.05) is 18.0 Å². The van der Waals surface area contributed by atoms with E-state index in [0.29, 0.717) is 12.0 Å². The molecule has 216 valence electrons. The van der Waals surface area contributed by atoms with E-state index < -0.39 is 0 Å². The van der Waals surface area contributed by atoms with Crippen LogP contribution < -0.4 is 10.2 Å². The largest absolute Gasteiger partial charge is 0.389 e. The maximum Gasteiger partial charge on any atom is 0.161 e. The topological polar surface area (TPSA) is 69.7 Å². The predicted molar refractivity (Wildman–Crippen MR) is 170 cm³/mol. The van der Waals surface area contributed by atoms with Gasteiger partial charge in [0.1, 0.15) is 5.82 Å². The molecule has 1 aromatic carbocycles. The van der Waals surface area contributed by atoms with Gasteiger partial charge in [0, 0.05) is 43.0 Å². The highest BCUT2D eigenvalue weighted by atomic mass is 15.2. The molecule has 1 aliphatic carbocycles. The average Bonchev–Trinajstić information content (AvgIpc) is 3.62. The fourth-order valence-electron chi connectivity index (χ4n) is 4.49. The fourth-order valence-corrected chi connectivity index (χ4v) is 4.49. The van der Waals surface area contributed by atoms with E-state index in [1.807, 2.05) is 24.7 Å². The van der Waals surface area contributed by atoms with Crippen LogP contribution in [0.4, 0.5) is 5.82 Å². The Balaban J connectivity index is 0.000000282. The van der Waals surface area contributed by atoms with E-state index in [1.165, 1.54) is 54.4 Å². The molecule has 0 spiro atoms. The summed E-state index contributed by atoms with van der Waals surface area (Å²) < 4.78 is 0. The Morgan fingerprint density at radius 1 is 1.15 bits per heavy atom. The van der Waals surface area contributed by atoms with E-state index in [1.54, 1.807) is 5.57 Å². The molecule has 40 heavy (non-hydrogen) atoms. The molecule has 1 saturated heterocycles. The van der Waals surface area contributed by atoms with Crippen LogP contribution in [0.5, 0.6) is 0 Å². The van der Waals surface area contributed by atoms with E-state index in [2.05, 4.69) is 104 Å². The van der Waals surface area contributed by atoms with Crippen LogP contribution >= 0.6 is 0 Å². The number of hydrogen-bond donors (Lipinski definition) is 2. The van der Waals surface area contributed by atoms with E-state index in [-0.39, 0.29) is 0 Å². The van der Waals surface area contributed by atoms with Gasteiger partial charge in [-0.2, -0.15) is 5.10 Å². The summed E-state index contributed by atoms with van der Waals surface area (Å²) in [5.41, 5.74) is 7.71. The van der Waals surface area contributed by atoms with Gasteiger partial charge in [-0.05, 0) is 95.3 Å². The maximum atomic E-state index is 4.85. The highest BCUT2D eigenvalue weighted by molar-refractivity contribution is 5.64. The van der Waals surface area contributed by atoms with Crippen molar-refractivity contribution in [2.24, 2.45) is 0 Å². The lowest BCUT2D eigenvalue weighted by atomic mass is 9.93. The van der Waals surface area contributed by atoms with E-state index in [4.69, 9.17) is 4.98 Å². The summed E-state index contributed by atoms with van der Waals surface area (Å²) in [6, 6.07) is 9.04. The SMILES string of the molecule is CC(C)=Cc1ccc(-c2nccc(N3CCC(c4cn[nH]c4)C3)n2)cc1C.CC(C)NC=C1CCC1.CCCC. The summed E-state index contributed by atoms with van der Waals surface area (Å²) in [7, 11) is 0. The number of benzene rings is 1. The molecule has 1 saturated carbocycles. The van der Waals surface area contributed by atoms with Gasteiger partial charge in [-0.25, -0.2) is 9.97 Å². The highest BCUT2D eigenvalue weighted by Crippen LogP contribution is 2.30. The molecule has 2 aromatic heterocycles. The number of hydrogen-bond acceptors (Lipinski definition) is 5. The summed E-state index contributed by atoms with van der Waals surface area (Å²) in [6.45, 7) is 17.0. The lowest BCUT2D eigenvalue weighted by molar-refractivity contribution is 0.627. The van der Waals surface area contributed by atoms with Crippen LogP contribution in [0.25, 0.3) is 17.5 Å². The van der Waals surface area contributed by atoms with Crippen molar-refractivity contribution in [1.29, 1.82) is 0 Å². The Kier molecular flexibility index (Phi) is 12.4. The van der Waals surface area contributed by atoms with Crippen molar-refractivity contribution in [3.8, 4) is 11.4 Å². The number of aromatic amines is 1. The van der Waals surface area contributed by atoms with Crippen LogP contribution in [0.15, 0.2) is 60.2 Å². The van der Waals surface area contributed by atoms with Crippen LogP contribution in [0.3, 0.4) is 0 Å². The summed E-state index contributed by atoms with van der Waals surface area (Å²) >= 11 is 0. The molecule has 3 aromatic rings. The van der Waals surface area contributed by atoms with Gasteiger partial charge < -0.3 is 10.2 Å². The van der Waals surface area contributed by atoms with E-state index >= 15 is 0 Å². The average molecular weight is 543 g/mol. The monoisotopic (exact) mass is 542 g/mol. The van der Waals surface area contributed by atoms with Gasteiger partial charge in [-0.15, -0.1) is 0 Å². The second-order valence-corrected chi connectivity index (χ2v) is 11.5. The normalized spacial score (nSPS) is 15.8. The minimum absolute atomic E-state index is 0.507. The zero-order valence-corrected chi connectivity index (χ0v) is 25.8. The van der Waals surface area contributed by atoms with Crippen molar-refractivity contribution in [2.45, 2.75) is 99.0 Å². The van der Waals surface area contributed by atoms with Crippen LogP contribution in [-0.4, -0.2) is 39.3 Å². The summed E-state index contributed by atoms with van der Waals surface area (Å²) in [4.78, 5) is 11.7. The summed E-state index contributed by atoms with van der Waals surface area (Å²) in [5.74, 6) is 2.29. The lowest BCUT2D eigenvalue weighted by Gasteiger charge is -2.18. The second kappa shape index (κ2) is 16.0. The number of nitrogens with one attached hydrogen (secondary N) is 2. The molecule has 0 amide bonds. The molecule has 6 nitrogen and oxygen atoms in total. The summed E-state index contributed by atoms with van der Waals surface area (Å²) in [5, 5.41) is 10.3. The van der Waals surface area contributed by atoms with Gasteiger partial charge in [0.25, 0.3) is 0 Å². The first-order valence-electron chi connectivity index (χ1n) is 15.1. The zero-order chi connectivity index (χ0) is 28.9. The molecule has 0 bridgehead atoms. The molecule has 2 N–H and O–H groups in total.